The number of hydrogen-bond acceptors (Lipinski definition) is 9. The van der Waals surface area contributed by atoms with Crippen molar-refractivity contribution in [3.63, 3.8) is 0 Å². The molecule has 202 valence electrons. The second-order valence-corrected chi connectivity index (χ2v) is 10.3. The number of hydrogen-bond donors (Lipinski definition) is 1. The first kappa shape index (κ1) is 27.8. The zero-order chi connectivity index (χ0) is 27.8. The van der Waals surface area contributed by atoms with Gasteiger partial charge in [0.1, 0.15) is 18.5 Å². The number of thioether (sulfide) groups is 1. The minimum Gasteiger partial charge on any atom is -0.493 e. The third-order valence-corrected chi connectivity index (χ3v) is 7.19. The van der Waals surface area contributed by atoms with Crippen LogP contribution in [0.25, 0.3) is 0 Å². The van der Waals surface area contributed by atoms with Gasteiger partial charge in [-0.05, 0) is 48.0 Å². The zero-order valence-electron chi connectivity index (χ0n) is 21.5. The van der Waals surface area contributed by atoms with Gasteiger partial charge in [0.05, 0.1) is 6.61 Å². The number of ether oxygens (including phenoxy) is 3. The molecule has 4 rings (SSSR count). The number of aromatic nitrogens is 1. The van der Waals surface area contributed by atoms with Gasteiger partial charge in [-0.15, -0.1) is 0 Å². The highest BCUT2D eigenvalue weighted by Crippen LogP contribution is 2.37. The van der Waals surface area contributed by atoms with Crippen molar-refractivity contribution in [2.45, 2.75) is 44.1 Å². The van der Waals surface area contributed by atoms with E-state index in [4.69, 9.17) is 14.2 Å². The Kier molecular flexibility index (Phi) is 8.98. The standard InChI is InChI=1S/C29H28N2O7S/c1-19(38-20(2)32)23-10-11-24(30-17-23)14-15-36-25-12-8-21(9-13-25)16-29(26(33)31-28(35)39-29)27(34)37-18-22-6-4-3-5-7-22/h3-13,17,19H,14-16,18H2,1-2H3,(H,31,33,35). The molecule has 2 heterocycles. The molecule has 39 heavy (non-hydrogen) atoms. The molecule has 3 aromatic rings. The van der Waals surface area contributed by atoms with Gasteiger partial charge in [-0.2, -0.15) is 0 Å². The highest BCUT2D eigenvalue weighted by atomic mass is 32.2. The Balaban J connectivity index is 1.33. The Morgan fingerprint density at radius 2 is 1.74 bits per heavy atom. The van der Waals surface area contributed by atoms with Crippen molar-refractivity contribution in [3.8, 4) is 5.75 Å². The van der Waals surface area contributed by atoms with Crippen LogP contribution >= 0.6 is 11.8 Å². The van der Waals surface area contributed by atoms with Gasteiger partial charge in [0.15, 0.2) is 0 Å². The van der Waals surface area contributed by atoms with Crippen molar-refractivity contribution < 1.29 is 33.4 Å². The molecule has 2 amide bonds. The fourth-order valence-corrected chi connectivity index (χ4v) is 4.98. The summed E-state index contributed by atoms with van der Waals surface area (Å²) in [5, 5.41) is 1.63. The first-order valence-electron chi connectivity index (χ1n) is 12.3. The molecule has 0 spiro atoms. The molecule has 0 bridgehead atoms. The monoisotopic (exact) mass is 548 g/mol. The molecule has 0 radical (unpaired) electrons. The Bertz CT molecular complexity index is 1330. The van der Waals surface area contributed by atoms with Crippen LogP contribution in [0.2, 0.25) is 0 Å². The SMILES string of the molecule is CC(=O)OC(C)c1ccc(CCOc2ccc(CC3(C(=O)OCc4ccccc4)SC(=O)NC3=O)cc2)nc1. The minimum atomic E-state index is -1.70. The predicted molar refractivity (Wildman–Crippen MR) is 144 cm³/mol. The Labute approximate surface area is 230 Å². The molecule has 0 saturated carbocycles. The number of nitrogens with one attached hydrogen (secondary N) is 1. The van der Waals surface area contributed by atoms with E-state index in [-0.39, 0.29) is 25.1 Å². The van der Waals surface area contributed by atoms with Crippen molar-refractivity contribution in [2.24, 2.45) is 0 Å². The molecule has 0 aliphatic carbocycles. The number of pyridine rings is 1. The average molecular weight is 549 g/mol. The number of rotatable bonds is 11. The quantitative estimate of drug-likeness (QED) is 0.276. The van der Waals surface area contributed by atoms with Gasteiger partial charge in [-0.3, -0.25) is 24.7 Å². The highest BCUT2D eigenvalue weighted by Gasteiger charge is 2.55. The van der Waals surface area contributed by atoms with E-state index < -0.39 is 21.9 Å². The number of esters is 2. The third kappa shape index (κ3) is 7.23. The summed E-state index contributed by atoms with van der Waals surface area (Å²) in [6, 6.07) is 19.8. The lowest BCUT2D eigenvalue weighted by Crippen LogP contribution is -2.46. The van der Waals surface area contributed by atoms with E-state index >= 15 is 0 Å². The van der Waals surface area contributed by atoms with Crippen molar-refractivity contribution in [1.82, 2.24) is 10.3 Å². The van der Waals surface area contributed by atoms with E-state index in [0.717, 1.165) is 16.8 Å². The molecular formula is C29H28N2O7S. The van der Waals surface area contributed by atoms with Gasteiger partial charge < -0.3 is 14.2 Å². The fraction of sp³-hybridized carbons (Fsp3) is 0.276. The van der Waals surface area contributed by atoms with Gasteiger partial charge in [-0.25, -0.2) is 4.79 Å². The molecule has 10 heteroatoms. The molecule has 1 saturated heterocycles. The number of imide groups is 1. The van der Waals surface area contributed by atoms with E-state index in [1.807, 2.05) is 42.5 Å². The summed E-state index contributed by atoms with van der Waals surface area (Å²) in [6.45, 7) is 3.54. The summed E-state index contributed by atoms with van der Waals surface area (Å²) in [5.41, 5.74) is 3.09. The van der Waals surface area contributed by atoms with Crippen molar-refractivity contribution in [2.75, 3.05) is 6.61 Å². The lowest BCUT2D eigenvalue weighted by Gasteiger charge is -2.22. The first-order chi connectivity index (χ1) is 18.7. The maximum absolute atomic E-state index is 13.0. The normalized spacial score (nSPS) is 17.3. The first-order valence-corrected chi connectivity index (χ1v) is 13.2. The molecule has 2 unspecified atom stereocenters. The topological polar surface area (TPSA) is 121 Å². The summed E-state index contributed by atoms with van der Waals surface area (Å²) in [5.74, 6) is -1.18. The van der Waals surface area contributed by atoms with Crippen molar-refractivity contribution in [1.29, 1.82) is 0 Å². The smallest absolute Gasteiger partial charge is 0.333 e. The number of carbonyl (C=O) groups excluding carboxylic acids is 4. The van der Waals surface area contributed by atoms with E-state index in [0.29, 0.717) is 36.1 Å². The predicted octanol–water partition coefficient (Wildman–Crippen LogP) is 4.33. The third-order valence-electron chi connectivity index (χ3n) is 6.05. The minimum absolute atomic E-state index is 0.000959. The van der Waals surface area contributed by atoms with Crippen LogP contribution in [0.3, 0.4) is 0 Å². The largest absolute Gasteiger partial charge is 0.493 e. The molecule has 2 atom stereocenters. The molecular weight excluding hydrogens is 520 g/mol. The van der Waals surface area contributed by atoms with E-state index in [9.17, 15) is 19.2 Å². The van der Waals surface area contributed by atoms with Crippen LogP contribution in [0.5, 0.6) is 5.75 Å². The van der Waals surface area contributed by atoms with Crippen molar-refractivity contribution in [3.05, 3.63) is 95.3 Å². The summed E-state index contributed by atoms with van der Waals surface area (Å²) in [4.78, 5) is 53.3. The zero-order valence-corrected chi connectivity index (χ0v) is 22.4. The van der Waals surface area contributed by atoms with Crippen molar-refractivity contribution >= 4 is 34.8 Å². The molecule has 1 fully saturated rings. The van der Waals surface area contributed by atoms with Crippen LogP contribution in [-0.2, 0) is 43.3 Å². The molecule has 1 N–H and O–H groups in total. The van der Waals surface area contributed by atoms with Gasteiger partial charge in [0, 0.05) is 37.2 Å². The highest BCUT2D eigenvalue weighted by molar-refractivity contribution is 8.16. The average Bonchev–Trinajstić information content (AvgIpc) is 3.22. The maximum Gasteiger partial charge on any atom is 0.333 e. The molecule has 9 nitrogen and oxygen atoms in total. The van der Waals surface area contributed by atoms with Crippen LogP contribution in [0, 0.1) is 0 Å². The van der Waals surface area contributed by atoms with Crippen LogP contribution in [0.1, 0.15) is 42.3 Å². The Morgan fingerprint density at radius 1 is 1.00 bits per heavy atom. The molecule has 1 aliphatic rings. The van der Waals surface area contributed by atoms with E-state index in [1.54, 1.807) is 37.4 Å². The maximum atomic E-state index is 13.0. The van der Waals surface area contributed by atoms with E-state index in [2.05, 4.69) is 10.3 Å². The van der Waals surface area contributed by atoms with Gasteiger partial charge in [0.2, 0.25) is 4.75 Å². The number of carbonyl (C=O) groups is 4. The lowest BCUT2D eigenvalue weighted by atomic mass is 9.97. The van der Waals surface area contributed by atoms with E-state index in [1.165, 1.54) is 6.92 Å². The van der Waals surface area contributed by atoms with Gasteiger partial charge in [0.25, 0.3) is 11.1 Å². The summed E-state index contributed by atoms with van der Waals surface area (Å²) in [7, 11) is 0. The second kappa shape index (κ2) is 12.6. The molecule has 2 aromatic carbocycles. The van der Waals surface area contributed by atoms with Crippen LogP contribution in [0.15, 0.2) is 72.9 Å². The Morgan fingerprint density at radius 3 is 2.36 bits per heavy atom. The van der Waals surface area contributed by atoms with Crippen LogP contribution in [0.4, 0.5) is 4.79 Å². The second-order valence-electron chi connectivity index (χ2n) is 8.99. The number of amides is 2. The lowest BCUT2D eigenvalue weighted by molar-refractivity contribution is -0.151. The fourth-order valence-electron chi connectivity index (χ4n) is 3.99. The summed E-state index contributed by atoms with van der Waals surface area (Å²) < 4.78 is 14.7. The van der Waals surface area contributed by atoms with Crippen LogP contribution in [-0.4, -0.2) is 39.4 Å². The molecule has 1 aromatic heterocycles. The number of benzene rings is 2. The summed E-state index contributed by atoms with van der Waals surface area (Å²) in [6.07, 6.45) is 1.88. The molecule has 1 aliphatic heterocycles. The number of nitrogens with zero attached hydrogens (tertiary/aromatic N) is 1. The van der Waals surface area contributed by atoms with Crippen LogP contribution < -0.4 is 10.1 Å². The summed E-state index contributed by atoms with van der Waals surface area (Å²) >= 11 is 0.643. The Hall–Kier alpha value is -4.18. The van der Waals surface area contributed by atoms with Gasteiger partial charge >= 0.3 is 11.9 Å². The van der Waals surface area contributed by atoms with Gasteiger partial charge in [-0.1, -0.05) is 48.5 Å².